The Morgan fingerprint density at radius 2 is 1.93 bits per heavy atom. The van der Waals surface area contributed by atoms with Gasteiger partial charge in [-0.25, -0.2) is 0 Å². The fourth-order valence-corrected chi connectivity index (χ4v) is 7.14. The van der Waals surface area contributed by atoms with Crippen molar-refractivity contribution in [2.75, 3.05) is 11.5 Å². The van der Waals surface area contributed by atoms with Gasteiger partial charge in [0.1, 0.15) is 11.6 Å². The molecule has 3 aromatic rings. The third-order valence-electron chi connectivity index (χ3n) is 7.11. The molecule has 2 N–H and O–H groups in total. The number of carbonyl (C=O) groups excluding carboxylic acids is 1. The lowest BCUT2D eigenvalue weighted by atomic mass is 9.68. The standard InChI is InChI=1S/C30H28F3N5O2S2/c1-4-40-20-10-8-18(9-11-20)24-21(15-34)26(35)38(22-13-29(2,3)14-23(39)25(22)24)27-36-37-28(42-27)41-16-17-6-5-7-19(12-17)30(31,32)33/h5-12,24H,4,13-14,16,35H2,1-3H3/t24-/m1/s1. The molecule has 5 rings (SSSR count). The number of nitriles is 1. The minimum Gasteiger partial charge on any atom is -0.494 e. The van der Waals surface area contributed by atoms with Crippen molar-refractivity contribution in [1.82, 2.24) is 10.2 Å². The van der Waals surface area contributed by atoms with Gasteiger partial charge in [-0.05, 0) is 48.1 Å². The molecular formula is C30H28F3N5O2S2. The first-order valence-corrected chi connectivity index (χ1v) is 15.0. The molecule has 1 aliphatic heterocycles. The fourth-order valence-electron chi connectivity index (χ4n) is 5.32. The number of rotatable bonds is 7. The minimum absolute atomic E-state index is 0.0611. The quantitative estimate of drug-likeness (QED) is 0.280. The largest absolute Gasteiger partial charge is 0.494 e. The van der Waals surface area contributed by atoms with Crippen molar-refractivity contribution in [3.05, 3.63) is 87.9 Å². The van der Waals surface area contributed by atoms with E-state index in [1.807, 2.05) is 45.0 Å². The van der Waals surface area contributed by atoms with E-state index in [1.165, 1.54) is 29.2 Å². The Bertz CT molecular complexity index is 1620. The maximum Gasteiger partial charge on any atom is 0.416 e. The third kappa shape index (κ3) is 5.89. The van der Waals surface area contributed by atoms with Crippen LogP contribution in [0.25, 0.3) is 0 Å². The number of allylic oxidation sites excluding steroid dienone is 3. The Morgan fingerprint density at radius 3 is 2.60 bits per heavy atom. The van der Waals surface area contributed by atoms with Gasteiger partial charge < -0.3 is 10.5 Å². The summed E-state index contributed by atoms with van der Waals surface area (Å²) in [4.78, 5) is 15.4. The molecule has 0 spiro atoms. The molecule has 1 aliphatic carbocycles. The summed E-state index contributed by atoms with van der Waals surface area (Å²) >= 11 is 2.46. The average molecular weight is 612 g/mol. The molecule has 0 radical (unpaired) electrons. The molecule has 7 nitrogen and oxygen atoms in total. The second-order valence-electron chi connectivity index (χ2n) is 10.8. The van der Waals surface area contributed by atoms with Gasteiger partial charge in [-0.1, -0.05) is 67.3 Å². The van der Waals surface area contributed by atoms with E-state index in [0.29, 0.717) is 51.5 Å². The Kier molecular flexibility index (Phi) is 8.09. The van der Waals surface area contributed by atoms with Gasteiger partial charge in [0.2, 0.25) is 5.13 Å². The van der Waals surface area contributed by atoms with E-state index in [0.717, 1.165) is 17.7 Å². The molecule has 0 fully saturated rings. The van der Waals surface area contributed by atoms with Crippen LogP contribution in [-0.2, 0) is 16.7 Å². The lowest BCUT2D eigenvalue weighted by Gasteiger charge is -2.42. The summed E-state index contributed by atoms with van der Waals surface area (Å²) in [7, 11) is 0. The zero-order valence-electron chi connectivity index (χ0n) is 23.2. The van der Waals surface area contributed by atoms with Gasteiger partial charge in [-0.15, -0.1) is 10.2 Å². The number of carbonyl (C=O) groups is 1. The van der Waals surface area contributed by atoms with Crippen LogP contribution in [0.1, 0.15) is 56.2 Å². The smallest absolute Gasteiger partial charge is 0.416 e. The molecule has 0 saturated carbocycles. The zero-order chi connectivity index (χ0) is 30.2. The monoisotopic (exact) mass is 611 g/mol. The first-order valence-electron chi connectivity index (χ1n) is 13.2. The number of benzene rings is 2. The maximum atomic E-state index is 13.7. The lowest BCUT2D eigenvalue weighted by Crippen LogP contribution is -2.42. The third-order valence-corrected chi connectivity index (χ3v) is 9.22. The van der Waals surface area contributed by atoms with Crippen LogP contribution in [0.3, 0.4) is 0 Å². The predicted molar refractivity (Wildman–Crippen MR) is 156 cm³/mol. The summed E-state index contributed by atoms with van der Waals surface area (Å²) in [6.45, 7) is 6.42. The normalized spacial score (nSPS) is 18.6. The molecule has 2 aromatic carbocycles. The highest BCUT2D eigenvalue weighted by Crippen LogP contribution is 2.51. The summed E-state index contributed by atoms with van der Waals surface area (Å²) in [5, 5.41) is 19.2. The number of nitrogens with two attached hydrogens (primary N) is 1. The molecule has 12 heteroatoms. The molecule has 0 amide bonds. The first kappa shape index (κ1) is 29.7. The van der Waals surface area contributed by atoms with Crippen molar-refractivity contribution in [3.8, 4) is 11.8 Å². The van der Waals surface area contributed by atoms with Crippen LogP contribution in [-0.4, -0.2) is 22.6 Å². The first-order chi connectivity index (χ1) is 19.9. The van der Waals surface area contributed by atoms with Crippen LogP contribution in [0.15, 0.2) is 75.5 Å². The van der Waals surface area contributed by atoms with Crippen LogP contribution in [0.5, 0.6) is 5.75 Å². The average Bonchev–Trinajstić information content (AvgIpc) is 3.39. The highest BCUT2D eigenvalue weighted by Gasteiger charge is 2.45. The Morgan fingerprint density at radius 1 is 1.19 bits per heavy atom. The number of alkyl halides is 3. The van der Waals surface area contributed by atoms with Gasteiger partial charge in [-0.2, -0.15) is 18.4 Å². The molecule has 218 valence electrons. The number of hydrogen-bond acceptors (Lipinski definition) is 9. The number of ether oxygens (including phenoxy) is 1. The van der Waals surface area contributed by atoms with E-state index in [2.05, 4.69) is 16.3 Å². The highest BCUT2D eigenvalue weighted by molar-refractivity contribution is 8.00. The van der Waals surface area contributed by atoms with Gasteiger partial charge >= 0.3 is 6.18 Å². The number of nitrogens with zero attached hydrogens (tertiary/aromatic N) is 4. The number of ketones is 1. The topological polar surface area (TPSA) is 105 Å². The van der Waals surface area contributed by atoms with Crippen molar-refractivity contribution in [1.29, 1.82) is 5.26 Å². The summed E-state index contributed by atoms with van der Waals surface area (Å²) in [5.41, 5.74) is 8.30. The number of anilines is 1. The molecule has 1 aromatic heterocycles. The number of aromatic nitrogens is 2. The Labute approximate surface area is 249 Å². The van der Waals surface area contributed by atoms with E-state index in [9.17, 15) is 23.2 Å². The second-order valence-corrected chi connectivity index (χ2v) is 13.0. The van der Waals surface area contributed by atoms with Crippen LogP contribution in [0.4, 0.5) is 18.3 Å². The SMILES string of the molecule is CCOc1ccc([C@@H]2C(C#N)=C(N)N(c3nnc(SCc4cccc(C(F)(F)F)c4)s3)C3=C2C(=O)CC(C)(C)C3)cc1. The van der Waals surface area contributed by atoms with Crippen LogP contribution in [0, 0.1) is 16.7 Å². The molecule has 0 unspecified atom stereocenters. The van der Waals surface area contributed by atoms with Crippen molar-refractivity contribution < 1.29 is 22.7 Å². The zero-order valence-corrected chi connectivity index (χ0v) is 24.8. The van der Waals surface area contributed by atoms with E-state index in [-0.39, 0.29) is 28.3 Å². The van der Waals surface area contributed by atoms with E-state index < -0.39 is 17.7 Å². The summed E-state index contributed by atoms with van der Waals surface area (Å²) in [6, 6.07) is 14.7. The molecule has 1 atom stereocenters. The molecule has 2 aliphatic rings. The Balaban J connectivity index is 1.51. The molecule has 0 bridgehead atoms. The molecule has 42 heavy (non-hydrogen) atoms. The van der Waals surface area contributed by atoms with Crippen LogP contribution >= 0.6 is 23.1 Å². The molecular weight excluding hydrogens is 583 g/mol. The minimum atomic E-state index is -4.42. The van der Waals surface area contributed by atoms with Gasteiger partial charge in [-0.3, -0.25) is 9.69 Å². The number of Topliss-reactive ketones (excluding diaryl/α,β-unsaturated/α-hetero) is 1. The van der Waals surface area contributed by atoms with E-state index in [4.69, 9.17) is 10.5 Å². The number of halogens is 3. The molecule has 2 heterocycles. The van der Waals surface area contributed by atoms with E-state index in [1.54, 1.807) is 11.0 Å². The number of thioether (sulfide) groups is 1. The van der Waals surface area contributed by atoms with Gasteiger partial charge in [0.05, 0.1) is 29.7 Å². The van der Waals surface area contributed by atoms with E-state index >= 15 is 0 Å². The second kappa shape index (κ2) is 11.5. The van der Waals surface area contributed by atoms with Gasteiger partial charge in [0.25, 0.3) is 0 Å². The highest BCUT2D eigenvalue weighted by atomic mass is 32.2. The molecule has 0 saturated heterocycles. The number of hydrogen-bond donors (Lipinski definition) is 1. The summed E-state index contributed by atoms with van der Waals surface area (Å²) in [5.74, 6) is 0.416. The van der Waals surface area contributed by atoms with Crippen molar-refractivity contribution in [2.24, 2.45) is 11.1 Å². The predicted octanol–water partition coefficient (Wildman–Crippen LogP) is 7.19. The summed E-state index contributed by atoms with van der Waals surface area (Å²) < 4.78 is 45.5. The fraction of sp³-hybridized carbons (Fsp3) is 0.333. The van der Waals surface area contributed by atoms with Gasteiger partial charge in [0.15, 0.2) is 10.1 Å². The maximum absolute atomic E-state index is 13.7. The van der Waals surface area contributed by atoms with Gasteiger partial charge in [0, 0.05) is 23.4 Å². The lowest BCUT2D eigenvalue weighted by molar-refractivity contribution is -0.137. The van der Waals surface area contributed by atoms with Crippen LogP contribution in [0.2, 0.25) is 0 Å². The van der Waals surface area contributed by atoms with Crippen molar-refractivity contribution in [3.63, 3.8) is 0 Å². The van der Waals surface area contributed by atoms with Crippen molar-refractivity contribution >= 4 is 34.0 Å². The summed E-state index contributed by atoms with van der Waals surface area (Å²) in [6.07, 6.45) is -3.58. The Hall–Kier alpha value is -3.82. The van der Waals surface area contributed by atoms with Crippen LogP contribution < -0.4 is 15.4 Å². The van der Waals surface area contributed by atoms with Crippen molar-refractivity contribution in [2.45, 2.75) is 55.8 Å².